The van der Waals surface area contributed by atoms with Crippen LogP contribution in [0, 0.1) is 6.92 Å². The molecule has 0 fully saturated rings. The van der Waals surface area contributed by atoms with Crippen LogP contribution in [0.1, 0.15) is 31.2 Å². The maximum atomic E-state index is 6.42. The van der Waals surface area contributed by atoms with Crippen LogP contribution in [-0.4, -0.2) is 29.2 Å². The van der Waals surface area contributed by atoms with Crippen LogP contribution in [0.2, 0.25) is 5.02 Å². The van der Waals surface area contributed by atoms with E-state index >= 15 is 0 Å². The van der Waals surface area contributed by atoms with Crippen molar-refractivity contribution in [1.29, 1.82) is 0 Å². The number of nitrogens with zero attached hydrogens (tertiary/aromatic N) is 3. The Balaban J connectivity index is 2.06. The molecule has 7 nitrogen and oxygen atoms in total. The Bertz CT molecular complexity index is 934. The number of oxazole rings is 1. The average molecular weight is 390 g/mol. The molecule has 1 aromatic carbocycles. The standard InChI is InChI=1S/C19H20ClN3O4/c1-10(2)17-11(3)26-18(23-17)16-12(20)7-6-8-13(16)27-19-21-14(24-4)9-15(22-19)25-5/h6-10H,1-5H3. The van der Waals surface area contributed by atoms with Gasteiger partial charge < -0.3 is 18.6 Å². The Morgan fingerprint density at radius 2 is 1.70 bits per heavy atom. The first-order valence-electron chi connectivity index (χ1n) is 8.34. The zero-order valence-electron chi connectivity index (χ0n) is 15.7. The van der Waals surface area contributed by atoms with Gasteiger partial charge in [0.1, 0.15) is 11.5 Å². The second kappa shape index (κ2) is 7.84. The van der Waals surface area contributed by atoms with Gasteiger partial charge in [0.05, 0.1) is 36.6 Å². The molecule has 8 heteroatoms. The molecular weight excluding hydrogens is 370 g/mol. The number of aromatic nitrogens is 3. The maximum Gasteiger partial charge on any atom is 0.328 e. The van der Waals surface area contributed by atoms with Crippen LogP contribution in [0.15, 0.2) is 28.7 Å². The van der Waals surface area contributed by atoms with Gasteiger partial charge in [0.2, 0.25) is 17.7 Å². The molecule has 0 aliphatic rings. The van der Waals surface area contributed by atoms with Crippen molar-refractivity contribution in [3.63, 3.8) is 0 Å². The van der Waals surface area contributed by atoms with E-state index in [9.17, 15) is 0 Å². The minimum absolute atomic E-state index is 0.0575. The molecule has 0 radical (unpaired) electrons. The summed E-state index contributed by atoms with van der Waals surface area (Å²) in [6.07, 6.45) is 0. The third-order valence-corrected chi connectivity index (χ3v) is 4.16. The summed E-state index contributed by atoms with van der Waals surface area (Å²) < 4.78 is 22.0. The monoisotopic (exact) mass is 389 g/mol. The van der Waals surface area contributed by atoms with Crippen molar-refractivity contribution in [2.45, 2.75) is 26.7 Å². The minimum Gasteiger partial charge on any atom is -0.481 e. The van der Waals surface area contributed by atoms with E-state index in [1.165, 1.54) is 14.2 Å². The van der Waals surface area contributed by atoms with Crippen LogP contribution >= 0.6 is 11.6 Å². The molecule has 0 N–H and O–H groups in total. The minimum atomic E-state index is 0.0575. The third-order valence-electron chi connectivity index (χ3n) is 3.85. The molecule has 0 saturated carbocycles. The maximum absolute atomic E-state index is 6.42. The molecule has 0 aliphatic heterocycles. The predicted molar refractivity (Wildman–Crippen MR) is 101 cm³/mol. The van der Waals surface area contributed by atoms with Crippen LogP contribution in [-0.2, 0) is 0 Å². The summed E-state index contributed by atoms with van der Waals surface area (Å²) in [4.78, 5) is 13.0. The Hall–Kier alpha value is -2.80. The topological polar surface area (TPSA) is 79.5 Å². The number of halogens is 1. The number of ether oxygens (including phenoxy) is 3. The van der Waals surface area contributed by atoms with Crippen LogP contribution < -0.4 is 14.2 Å². The molecule has 27 heavy (non-hydrogen) atoms. The molecule has 0 saturated heterocycles. The van der Waals surface area contributed by atoms with E-state index in [0.29, 0.717) is 34.0 Å². The third kappa shape index (κ3) is 3.98. The molecule has 0 unspecified atom stereocenters. The van der Waals surface area contributed by atoms with Gasteiger partial charge in [-0.15, -0.1) is 0 Å². The van der Waals surface area contributed by atoms with E-state index in [0.717, 1.165) is 11.5 Å². The first-order chi connectivity index (χ1) is 12.9. The number of hydrogen-bond donors (Lipinski definition) is 0. The summed E-state index contributed by atoms with van der Waals surface area (Å²) in [5.74, 6) is 2.38. The van der Waals surface area contributed by atoms with Crippen LogP contribution in [0.5, 0.6) is 23.5 Å². The average Bonchev–Trinajstić information content (AvgIpc) is 3.03. The van der Waals surface area contributed by atoms with E-state index < -0.39 is 0 Å². The van der Waals surface area contributed by atoms with Gasteiger partial charge in [0.25, 0.3) is 0 Å². The van der Waals surface area contributed by atoms with E-state index in [1.54, 1.807) is 24.3 Å². The quantitative estimate of drug-likeness (QED) is 0.585. The van der Waals surface area contributed by atoms with Crippen molar-refractivity contribution >= 4 is 11.6 Å². The molecular formula is C19H20ClN3O4. The predicted octanol–water partition coefficient (Wildman–Crippen LogP) is 5.03. The molecule has 0 bridgehead atoms. The van der Waals surface area contributed by atoms with E-state index in [1.807, 2.05) is 6.92 Å². The highest BCUT2D eigenvalue weighted by molar-refractivity contribution is 6.33. The lowest BCUT2D eigenvalue weighted by atomic mass is 10.1. The fraction of sp³-hybridized carbons (Fsp3) is 0.316. The van der Waals surface area contributed by atoms with Crippen molar-refractivity contribution in [2.24, 2.45) is 0 Å². The van der Waals surface area contributed by atoms with Crippen molar-refractivity contribution in [3.05, 3.63) is 40.7 Å². The van der Waals surface area contributed by atoms with E-state index in [2.05, 4.69) is 28.8 Å². The molecule has 0 aliphatic carbocycles. The Morgan fingerprint density at radius 3 is 2.26 bits per heavy atom. The zero-order chi connectivity index (χ0) is 19.6. The van der Waals surface area contributed by atoms with Crippen LogP contribution in [0.3, 0.4) is 0 Å². The van der Waals surface area contributed by atoms with Crippen molar-refractivity contribution < 1.29 is 18.6 Å². The number of hydrogen-bond acceptors (Lipinski definition) is 7. The van der Waals surface area contributed by atoms with Crippen LogP contribution in [0.25, 0.3) is 11.5 Å². The van der Waals surface area contributed by atoms with Crippen molar-refractivity contribution in [1.82, 2.24) is 15.0 Å². The van der Waals surface area contributed by atoms with E-state index in [-0.39, 0.29) is 11.9 Å². The molecule has 3 rings (SSSR count). The van der Waals surface area contributed by atoms with Crippen LogP contribution in [0.4, 0.5) is 0 Å². The number of methoxy groups -OCH3 is 2. The van der Waals surface area contributed by atoms with E-state index in [4.69, 9.17) is 30.2 Å². The van der Waals surface area contributed by atoms with Gasteiger partial charge in [-0.3, -0.25) is 0 Å². The van der Waals surface area contributed by atoms with Gasteiger partial charge in [-0.25, -0.2) is 4.98 Å². The van der Waals surface area contributed by atoms with Gasteiger partial charge in [-0.1, -0.05) is 31.5 Å². The summed E-state index contributed by atoms with van der Waals surface area (Å²) >= 11 is 6.42. The lowest BCUT2D eigenvalue weighted by Crippen LogP contribution is -1.99. The molecule has 3 aromatic rings. The SMILES string of the molecule is COc1cc(OC)nc(Oc2cccc(Cl)c2-c2nc(C(C)C)c(C)o2)n1. The lowest BCUT2D eigenvalue weighted by molar-refractivity contribution is 0.348. The molecule has 0 amide bonds. The second-order valence-corrected chi connectivity index (χ2v) is 6.47. The van der Waals surface area contributed by atoms with Crippen molar-refractivity contribution in [2.75, 3.05) is 14.2 Å². The first-order valence-corrected chi connectivity index (χ1v) is 8.71. The summed E-state index contributed by atoms with van der Waals surface area (Å²) in [7, 11) is 3.00. The molecule has 0 spiro atoms. The Kier molecular flexibility index (Phi) is 5.51. The van der Waals surface area contributed by atoms with Gasteiger partial charge >= 0.3 is 6.01 Å². The zero-order valence-corrected chi connectivity index (χ0v) is 16.5. The largest absolute Gasteiger partial charge is 0.481 e. The summed E-state index contributed by atoms with van der Waals surface area (Å²) in [6.45, 7) is 5.98. The number of rotatable bonds is 6. The highest BCUT2D eigenvalue weighted by atomic mass is 35.5. The Morgan fingerprint density at radius 1 is 1.04 bits per heavy atom. The fourth-order valence-corrected chi connectivity index (χ4v) is 2.83. The van der Waals surface area contributed by atoms with Gasteiger partial charge in [0, 0.05) is 0 Å². The van der Waals surface area contributed by atoms with Gasteiger partial charge in [-0.05, 0) is 25.0 Å². The number of aryl methyl sites for hydroxylation is 1. The molecule has 142 valence electrons. The lowest BCUT2D eigenvalue weighted by Gasteiger charge is -2.10. The smallest absolute Gasteiger partial charge is 0.328 e. The normalized spacial score (nSPS) is 10.9. The number of benzene rings is 1. The van der Waals surface area contributed by atoms with Gasteiger partial charge in [-0.2, -0.15) is 9.97 Å². The Labute approximate surface area is 162 Å². The van der Waals surface area contributed by atoms with Crippen molar-refractivity contribution in [3.8, 4) is 35.0 Å². The molecule has 2 heterocycles. The molecule has 2 aromatic heterocycles. The summed E-state index contributed by atoms with van der Waals surface area (Å²) in [6, 6.07) is 6.86. The van der Waals surface area contributed by atoms with Gasteiger partial charge in [0.15, 0.2) is 0 Å². The summed E-state index contributed by atoms with van der Waals surface area (Å²) in [5, 5.41) is 0.443. The fourth-order valence-electron chi connectivity index (χ4n) is 2.58. The highest BCUT2D eigenvalue weighted by Crippen LogP contribution is 2.39. The second-order valence-electron chi connectivity index (χ2n) is 6.07. The summed E-state index contributed by atoms with van der Waals surface area (Å²) in [5.41, 5.74) is 1.40. The first kappa shape index (κ1) is 19.0. The highest BCUT2D eigenvalue weighted by Gasteiger charge is 2.21. The molecule has 0 atom stereocenters.